The Morgan fingerprint density at radius 3 is 2.05 bits per heavy atom. The molecule has 1 amide bonds. The molecule has 0 saturated carbocycles. The van der Waals surface area contributed by atoms with Crippen LogP contribution in [0.2, 0.25) is 0 Å². The van der Waals surface area contributed by atoms with E-state index in [1.807, 2.05) is 0 Å². The maximum Gasteiger partial charge on any atom is 0.373 e. The second-order valence-electron chi connectivity index (χ2n) is 10.6. The molecule has 8 N–H and O–H groups in total. The number of carbonyl (C=O) groups is 2. The molecular weight excluding hydrogens is 532 g/mol. The number of carbonyl (C=O) groups excluding carboxylic acids is 2. The number of aliphatic imine (C=N–C) groups is 1. The minimum atomic E-state index is -1.67. The molecule has 0 aromatic rings. The molecular formula is C29H54N4O8. The van der Waals surface area contributed by atoms with Crippen molar-refractivity contribution in [1.82, 2.24) is 5.32 Å². The first kappa shape index (κ1) is 36.6. The molecule has 0 aromatic carbocycles. The van der Waals surface area contributed by atoms with E-state index in [4.69, 9.17) is 25.7 Å². The Kier molecular flexibility index (Phi) is 19.8. The van der Waals surface area contributed by atoms with Gasteiger partial charge in [-0.15, -0.1) is 0 Å². The molecule has 0 spiro atoms. The molecule has 1 aliphatic heterocycles. The lowest BCUT2D eigenvalue weighted by Crippen LogP contribution is -2.59. The number of aliphatic hydroxyl groups excluding tert-OH is 3. The number of hydrogen-bond donors (Lipinski definition) is 6. The van der Waals surface area contributed by atoms with Gasteiger partial charge in [-0.3, -0.25) is 4.79 Å². The van der Waals surface area contributed by atoms with E-state index in [2.05, 4.69) is 17.2 Å². The van der Waals surface area contributed by atoms with Crippen LogP contribution in [-0.2, 0) is 23.8 Å². The molecule has 0 bridgehead atoms. The van der Waals surface area contributed by atoms with Gasteiger partial charge < -0.3 is 46.3 Å². The summed E-state index contributed by atoms with van der Waals surface area (Å²) in [5.74, 6) is -1.91. The SMILES string of the molecule is CCCCCCCCCCCCCCOCCCOC(=O)C1=C[C@H](N=C(N)N)[C@@H](NC(C)=O)[C@H]([C@H](O)[C@H](O)CO)O1. The molecule has 0 fully saturated rings. The first-order valence-corrected chi connectivity index (χ1v) is 15.2. The van der Waals surface area contributed by atoms with Gasteiger partial charge in [-0.1, -0.05) is 77.6 Å². The topological polar surface area (TPSA) is 199 Å². The van der Waals surface area contributed by atoms with Gasteiger partial charge in [0.05, 0.1) is 25.3 Å². The van der Waals surface area contributed by atoms with E-state index in [-0.39, 0.29) is 18.3 Å². The summed E-state index contributed by atoms with van der Waals surface area (Å²) in [6, 6.07) is -2.03. The largest absolute Gasteiger partial charge is 0.478 e. The Bertz CT molecular complexity index is 791. The lowest BCUT2D eigenvalue weighted by molar-refractivity contribution is -0.151. The zero-order chi connectivity index (χ0) is 30.5. The van der Waals surface area contributed by atoms with E-state index in [0.717, 1.165) is 12.8 Å². The summed E-state index contributed by atoms with van der Waals surface area (Å²) < 4.78 is 16.5. The number of unbranched alkanes of at least 4 members (excludes halogenated alkanes) is 11. The number of ether oxygens (including phenoxy) is 3. The number of nitrogens with one attached hydrogen (secondary N) is 1. The third-order valence-electron chi connectivity index (χ3n) is 6.90. The summed E-state index contributed by atoms with van der Waals surface area (Å²) in [4.78, 5) is 28.5. The standard InChI is InChI=1S/C29H54N4O8/c1-3-4-5-6-7-8-9-10-11-12-13-14-16-39-17-15-18-40-28(38)24-19-22(33-29(30)31)25(32-21(2)35)27(41-24)26(37)23(36)20-34/h19,22-23,25-27,34,36-37H,3-18,20H2,1-2H3,(H,32,35)(H4,30,31,33)/t22-,23+,25+,26+,27+/m0/s1. The highest BCUT2D eigenvalue weighted by molar-refractivity contribution is 5.87. The molecule has 1 heterocycles. The van der Waals surface area contributed by atoms with E-state index in [1.54, 1.807) is 0 Å². The van der Waals surface area contributed by atoms with Crippen LogP contribution in [-0.4, -0.2) is 90.0 Å². The molecule has 1 rings (SSSR count). The highest BCUT2D eigenvalue weighted by Crippen LogP contribution is 2.25. The fourth-order valence-electron chi connectivity index (χ4n) is 4.67. The number of guanidine groups is 1. The van der Waals surface area contributed by atoms with Crippen molar-refractivity contribution in [3.8, 4) is 0 Å². The Morgan fingerprint density at radius 2 is 1.51 bits per heavy atom. The van der Waals surface area contributed by atoms with Crippen LogP contribution in [0.3, 0.4) is 0 Å². The first-order valence-electron chi connectivity index (χ1n) is 15.2. The van der Waals surface area contributed by atoms with Gasteiger partial charge in [0.1, 0.15) is 18.3 Å². The molecule has 0 aromatic heterocycles. The molecule has 0 saturated heterocycles. The van der Waals surface area contributed by atoms with E-state index >= 15 is 0 Å². The summed E-state index contributed by atoms with van der Waals surface area (Å²) in [5.41, 5.74) is 11.0. The Labute approximate surface area is 244 Å². The van der Waals surface area contributed by atoms with Crippen LogP contribution in [0.1, 0.15) is 97.3 Å². The fourth-order valence-corrected chi connectivity index (χ4v) is 4.67. The number of amides is 1. The van der Waals surface area contributed by atoms with Gasteiger partial charge in [0.25, 0.3) is 0 Å². The predicted molar refractivity (Wildman–Crippen MR) is 157 cm³/mol. The smallest absolute Gasteiger partial charge is 0.373 e. The maximum atomic E-state index is 12.7. The number of aliphatic hydroxyl groups is 3. The zero-order valence-corrected chi connectivity index (χ0v) is 25.0. The zero-order valence-electron chi connectivity index (χ0n) is 25.0. The summed E-state index contributed by atoms with van der Waals surface area (Å²) >= 11 is 0. The monoisotopic (exact) mass is 586 g/mol. The van der Waals surface area contributed by atoms with Gasteiger partial charge in [-0.2, -0.15) is 0 Å². The van der Waals surface area contributed by atoms with Crippen LogP contribution in [0.15, 0.2) is 16.8 Å². The number of nitrogens with two attached hydrogens (primary N) is 2. The van der Waals surface area contributed by atoms with Crippen molar-refractivity contribution in [2.75, 3.05) is 26.4 Å². The third kappa shape index (κ3) is 16.0. The van der Waals surface area contributed by atoms with Crippen molar-refractivity contribution < 1.29 is 39.1 Å². The maximum absolute atomic E-state index is 12.7. The summed E-state index contributed by atoms with van der Waals surface area (Å²) in [6.45, 7) is 3.89. The molecule has 12 nitrogen and oxygen atoms in total. The lowest BCUT2D eigenvalue weighted by Gasteiger charge is -2.38. The minimum Gasteiger partial charge on any atom is -0.478 e. The van der Waals surface area contributed by atoms with Crippen molar-refractivity contribution in [2.24, 2.45) is 16.5 Å². The van der Waals surface area contributed by atoms with Crippen LogP contribution in [0.25, 0.3) is 0 Å². The fraction of sp³-hybridized carbons (Fsp3) is 0.828. The van der Waals surface area contributed by atoms with E-state index in [0.29, 0.717) is 19.6 Å². The normalized spacial score (nSPS) is 19.9. The average molecular weight is 587 g/mol. The van der Waals surface area contributed by atoms with Gasteiger partial charge in [0.2, 0.25) is 11.7 Å². The number of rotatable bonds is 23. The Balaban J connectivity index is 2.36. The molecule has 41 heavy (non-hydrogen) atoms. The summed E-state index contributed by atoms with van der Waals surface area (Å²) in [5, 5.41) is 32.3. The van der Waals surface area contributed by atoms with Crippen molar-refractivity contribution in [3.63, 3.8) is 0 Å². The Hall–Kier alpha value is -2.41. The quantitative estimate of drug-likeness (QED) is 0.0444. The lowest BCUT2D eigenvalue weighted by atomic mass is 9.92. The van der Waals surface area contributed by atoms with Crippen molar-refractivity contribution in [3.05, 3.63) is 11.8 Å². The van der Waals surface area contributed by atoms with E-state index < -0.39 is 48.9 Å². The number of hydrogen-bond acceptors (Lipinski definition) is 9. The third-order valence-corrected chi connectivity index (χ3v) is 6.90. The number of nitrogens with zero attached hydrogens (tertiary/aromatic N) is 1. The van der Waals surface area contributed by atoms with Crippen molar-refractivity contribution in [1.29, 1.82) is 0 Å². The molecule has 12 heteroatoms. The van der Waals surface area contributed by atoms with Crippen molar-refractivity contribution >= 4 is 17.8 Å². The minimum absolute atomic E-state index is 0.0759. The first-order chi connectivity index (χ1) is 19.7. The summed E-state index contributed by atoms with van der Waals surface area (Å²) in [6.07, 6.45) is 12.5. The van der Waals surface area contributed by atoms with Gasteiger partial charge >= 0.3 is 5.97 Å². The summed E-state index contributed by atoms with van der Waals surface area (Å²) in [7, 11) is 0. The predicted octanol–water partition coefficient (Wildman–Crippen LogP) is 1.78. The van der Waals surface area contributed by atoms with Crippen LogP contribution in [0.5, 0.6) is 0 Å². The highest BCUT2D eigenvalue weighted by Gasteiger charge is 2.44. The molecule has 1 aliphatic rings. The van der Waals surface area contributed by atoms with Gasteiger partial charge in [-0.05, 0) is 12.5 Å². The molecule has 5 atom stereocenters. The second-order valence-corrected chi connectivity index (χ2v) is 10.6. The van der Waals surface area contributed by atoms with Crippen LogP contribution < -0.4 is 16.8 Å². The van der Waals surface area contributed by atoms with E-state index in [1.165, 1.54) is 77.2 Å². The van der Waals surface area contributed by atoms with Gasteiger partial charge in [-0.25, -0.2) is 9.79 Å². The highest BCUT2D eigenvalue weighted by atomic mass is 16.6. The average Bonchev–Trinajstić information content (AvgIpc) is 2.93. The molecule has 0 radical (unpaired) electrons. The molecule has 0 unspecified atom stereocenters. The van der Waals surface area contributed by atoms with Gasteiger partial charge in [0, 0.05) is 26.6 Å². The van der Waals surface area contributed by atoms with Crippen LogP contribution >= 0.6 is 0 Å². The second kappa shape index (κ2) is 22.2. The van der Waals surface area contributed by atoms with Gasteiger partial charge in [0.15, 0.2) is 5.96 Å². The number of esters is 1. The molecule has 238 valence electrons. The van der Waals surface area contributed by atoms with Crippen molar-refractivity contribution in [2.45, 2.75) is 128 Å². The molecule has 0 aliphatic carbocycles. The van der Waals surface area contributed by atoms with Crippen LogP contribution in [0.4, 0.5) is 0 Å². The van der Waals surface area contributed by atoms with Crippen LogP contribution in [0, 0.1) is 0 Å². The Morgan fingerprint density at radius 1 is 0.951 bits per heavy atom. The van der Waals surface area contributed by atoms with E-state index in [9.17, 15) is 24.9 Å².